The number of nitrogens with one attached hydrogen (secondary N) is 1. The first-order valence-corrected chi connectivity index (χ1v) is 7.19. The standard InChI is InChI=1S/C16H20FN3/c1-18-13-6-9-20(10-7-13)11-12-4-5-15(17)14-3-2-8-19-16(12)14/h2-5,8,13,18H,6-7,9-11H2,1H3. The molecular weight excluding hydrogens is 253 g/mol. The van der Waals surface area contributed by atoms with E-state index in [4.69, 9.17) is 0 Å². The molecule has 0 aliphatic carbocycles. The lowest BCUT2D eigenvalue weighted by Crippen LogP contribution is -2.40. The number of hydrogen-bond acceptors (Lipinski definition) is 3. The Morgan fingerprint density at radius 1 is 1.30 bits per heavy atom. The number of likely N-dealkylation sites (tertiary alicyclic amines) is 1. The summed E-state index contributed by atoms with van der Waals surface area (Å²) in [5, 5.41) is 3.96. The molecule has 1 aliphatic rings. The molecule has 1 aliphatic heterocycles. The van der Waals surface area contributed by atoms with Crippen LogP contribution in [0.3, 0.4) is 0 Å². The quantitative estimate of drug-likeness (QED) is 0.931. The number of nitrogens with zero attached hydrogens (tertiary/aromatic N) is 2. The molecule has 0 atom stereocenters. The van der Waals surface area contributed by atoms with E-state index in [0.717, 1.165) is 30.7 Å². The molecule has 0 amide bonds. The second-order valence-corrected chi connectivity index (χ2v) is 5.45. The summed E-state index contributed by atoms with van der Waals surface area (Å²) in [6, 6.07) is 7.64. The molecule has 20 heavy (non-hydrogen) atoms. The molecule has 0 unspecified atom stereocenters. The largest absolute Gasteiger partial charge is 0.317 e. The van der Waals surface area contributed by atoms with Gasteiger partial charge in [0.25, 0.3) is 0 Å². The number of aromatic nitrogens is 1. The Balaban J connectivity index is 1.80. The highest BCUT2D eigenvalue weighted by Gasteiger charge is 2.18. The molecule has 0 spiro atoms. The van der Waals surface area contributed by atoms with Crippen molar-refractivity contribution in [2.24, 2.45) is 0 Å². The number of rotatable bonds is 3. The molecule has 0 radical (unpaired) electrons. The fourth-order valence-electron chi connectivity index (χ4n) is 2.94. The minimum Gasteiger partial charge on any atom is -0.317 e. The molecule has 1 fully saturated rings. The average Bonchev–Trinajstić information content (AvgIpc) is 2.51. The highest BCUT2D eigenvalue weighted by atomic mass is 19.1. The monoisotopic (exact) mass is 273 g/mol. The smallest absolute Gasteiger partial charge is 0.132 e. The highest BCUT2D eigenvalue weighted by molar-refractivity contribution is 5.82. The number of piperidine rings is 1. The van der Waals surface area contributed by atoms with Gasteiger partial charge in [0, 0.05) is 24.2 Å². The van der Waals surface area contributed by atoms with Crippen molar-refractivity contribution in [1.82, 2.24) is 15.2 Å². The van der Waals surface area contributed by atoms with Gasteiger partial charge < -0.3 is 5.32 Å². The van der Waals surface area contributed by atoms with Gasteiger partial charge in [0.05, 0.1) is 5.52 Å². The maximum absolute atomic E-state index is 13.8. The van der Waals surface area contributed by atoms with Crippen molar-refractivity contribution in [3.8, 4) is 0 Å². The van der Waals surface area contributed by atoms with Gasteiger partial charge in [0.2, 0.25) is 0 Å². The van der Waals surface area contributed by atoms with E-state index < -0.39 is 0 Å². The molecule has 1 aromatic heterocycles. The zero-order chi connectivity index (χ0) is 13.9. The molecule has 1 N–H and O–H groups in total. The van der Waals surface area contributed by atoms with E-state index >= 15 is 0 Å². The van der Waals surface area contributed by atoms with E-state index in [2.05, 4.69) is 15.2 Å². The van der Waals surface area contributed by atoms with Crippen LogP contribution in [0.1, 0.15) is 18.4 Å². The third-order valence-corrected chi connectivity index (χ3v) is 4.19. The molecule has 1 saturated heterocycles. The van der Waals surface area contributed by atoms with Gasteiger partial charge in [-0.1, -0.05) is 6.07 Å². The van der Waals surface area contributed by atoms with Gasteiger partial charge in [-0.3, -0.25) is 9.88 Å². The Hall–Kier alpha value is -1.52. The maximum atomic E-state index is 13.8. The van der Waals surface area contributed by atoms with Crippen LogP contribution in [0.5, 0.6) is 0 Å². The van der Waals surface area contributed by atoms with E-state index in [1.165, 1.54) is 12.8 Å². The van der Waals surface area contributed by atoms with Crippen molar-refractivity contribution in [3.05, 3.63) is 41.8 Å². The van der Waals surface area contributed by atoms with Crippen molar-refractivity contribution in [3.63, 3.8) is 0 Å². The van der Waals surface area contributed by atoms with Gasteiger partial charge in [-0.25, -0.2) is 4.39 Å². The SMILES string of the molecule is CNC1CCN(Cc2ccc(F)c3cccnc23)CC1. The Labute approximate surface area is 118 Å². The lowest BCUT2D eigenvalue weighted by molar-refractivity contribution is 0.195. The molecular formula is C16H20FN3. The minimum absolute atomic E-state index is 0.189. The van der Waals surface area contributed by atoms with Crippen molar-refractivity contribution in [2.75, 3.05) is 20.1 Å². The summed E-state index contributed by atoms with van der Waals surface area (Å²) in [5.41, 5.74) is 1.91. The fourth-order valence-corrected chi connectivity index (χ4v) is 2.94. The normalized spacial score (nSPS) is 17.7. The second kappa shape index (κ2) is 5.85. The first-order chi connectivity index (χ1) is 9.78. The Morgan fingerprint density at radius 2 is 2.10 bits per heavy atom. The van der Waals surface area contributed by atoms with Gasteiger partial charge in [0.1, 0.15) is 5.82 Å². The summed E-state index contributed by atoms with van der Waals surface area (Å²) in [4.78, 5) is 6.79. The van der Waals surface area contributed by atoms with Crippen LogP contribution < -0.4 is 5.32 Å². The first kappa shape index (κ1) is 13.5. The molecule has 0 saturated carbocycles. The topological polar surface area (TPSA) is 28.2 Å². The molecule has 2 heterocycles. The van der Waals surface area contributed by atoms with E-state index in [0.29, 0.717) is 11.4 Å². The zero-order valence-electron chi connectivity index (χ0n) is 11.8. The van der Waals surface area contributed by atoms with Crippen LogP contribution in [0, 0.1) is 5.82 Å². The van der Waals surface area contributed by atoms with Gasteiger partial charge in [-0.2, -0.15) is 0 Å². The molecule has 106 valence electrons. The number of benzene rings is 1. The Kier molecular flexibility index (Phi) is 3.94. The van der Waals surface area contributed by atoms with Crippen LogP contribution in [0.2, 0.25) is 0 Å². The van der Waals surface area contributed by atoms with E-state index in [1.54, 1.807) is 24.4 Å². The number of pyridine rings is 1. The van der Waals surface area contributed by atoms with Crippen LogP contribution in [-0.2, 0) is 6.54 Å². The summed E-state index contributed by atoms with van der Waals surface area (Å²) in [7, 11) is 2.03. The molecule has 3 nitrogen and oxygen atoms in total. The zero-order valence-corrected chi connectivity index (χ0v) is 11.8. The van der Waals surface area contributed by atoms with Gasteiger partial charge in [-0.05, 0) is 56.7 Å². The van der Waals surface area contributed by atoms with E-state index in [1.807, 2.05) is 13.1 Å². The Bertz CT molecular complexity index is 591. The Morgan fingerprint density at radius 3 is 2.85 bits per heavy atom. The van der Waals surface area contributed by atoms with Crippen molar-refractivity contribution in [2.45, 2.75) is 25.4 Å². The fraction of sp³-hybridized carbons (Fsp3) is 0.438. The number of fused-ring (bicyclic) bond motifs is 1. The average molecular weight is 273 g/mol. The van der Waals surface area contributed by atoms with Crippen LogP contribution in [0.4, 0.5) is 4.39 Å². The van der Waals surface area contributed by atoms with Crippen molar-refractivity contribution >= 4 is 10.9 Å². The molecule has 1 aromatic carbocycles. The van der Waals surface area contributed by atoms with Gasteiger partial charge in [-0.15, -0.1) is 0 Å². The lowest BCUT2D eigenvalue weighted by Gasteiger charge is -2.31. The van der Waals surface area contributed by atoms with E-state index in [9.17, 15) is 4.39 Å². The lowest BCUT2D eigenvalue weighted by atomic mass is 10.0. The summed E-state index contributed by atoms with van der Waals surface area (Å²) >= 11 is 0. The molecule has 2 aromatic rings. The summed E-state index contributed by atoms with van der Waals surface area (Å²) in [6.45, 7) is 3.01. The van der Waals surface area contributed by atoms with Crippen molar-refractivity contribution in [1.29, 1.82) is 0 Å². The molecule has 3 rings (SSSR count). The highest BCUT2D eigenvalue weighted by Crippen LogP contribution is 2.22. The van der Waals surface area contributed by atoms with Gasteiger partial charge in [0.15, 0.2) is 0 Å². The number of halogens is 1. The summed E-state index contributed by atoms with van der Waals surface area (Å²) in [5.74, 6) is -0.189. The number of hydrogen-bond donors (Lipinski definition) is 1. The first-order valence-electron chi connectivity index (χ1n) is 7.19. The van der Waals surface area contributed by atoms with Gasteiger partial charge >= 0.3 is 0 Å². The van der Waals surface area contributed by atoms with Crippen LogP contribution in [-0.4, -0.2) is 36.1 Å². The summed E-state index contributed by atoms with van der Waals surface area (Å²) in [6.07, 6.45) is 4.07. The van der Waals surface area contributed by atoms with Crippen LogP contribution in [0.25, 0.3) is 10.9 Å². The maximum Gasteiger partial charge on any atom is 0.132 e. The van der Waals surface area contributed by atoms with E-state index in [-0.39, 0.29) is 5.82 Å². The van der Waals surface area contributed by atoms with Crippen LogP contribution in [0.15, 0.2) is 30.5 Å². The predicted octanol–water partition coefficient (Wildman–Crippen LogP) is 2.56. The second-order valence-electron chi connectivity index (χ2n) is 5.45. The van der Waals surface area contributed by atoms with Crippen molar-refractivity contribution < 1.29 is 4.39 Å². The predicted molar refractivity (Wildman–Crippen MR) is 79.1 cm³/mol. The molecule has 4 heteroatoms. The summed E-state index contributed by atoms with van der Waals surface area (Å²) < 4.78 is 13.8. The third-order valence-electron chi connectivity index (χ3n) is 4.19. The van der Waals surface area contributed by atoms with Crippen LogP contribution >= 0.6 is 0 Å². The molecule has 0 bridgehead atoms. The third kappa shape index (κ3) is 2.67. The minimum atomic E-state index is -0.189.